The summed E-state index contributed by atoms with van der Waals surface area (Å²) in [5, 5.41) is 17.1. The lowest BCUT2D eigenvalue weighted by molar-refractivity contribution is -0.137. The third kappa shape index (κ3) is 2.97. The van der Waals surface area contributed by atoms with Gasteiger partial charge in [-0.1, -0.05) is 6.07 Å². The van der Waals surface area contributed by atoms with Gasteiger partial charge < -0.3 is 5.11 Å². The first-order chi connectivity index (χ1) is 7.49. The zero-order valence-electron chi connectivity index (χ0n) is 8.38. The number of aliphatic hydroxyl groups excluding tert-OH is 1. The second-order valence-corrected chi connectivity index (χ2v) is 3.32. The largest absolute Gasteiger partial charge is 0.417 e. The molecule has 0 unspecified atom stereocenters. The van der Waals surface area contributed by atoms with Gasteiger partial charge in [0.15, 0.2) is 0 Å². The fraction of sp³-hybridized carbons (Fsp3) is 0.364. The summed E-state index contributed by atoms with van der Waals surface area (Å²) in [5.74, 6) is 0. The van der Waals surface area contributed by atoms with Gasteiger partial charge in [0.25, 0.3) is 0 Å². The highest BCUT2D eigenvalue weighted by molar-refractivity contribution is 5.42. The van der Waals surface area contributed by atoms with Crippen molar-refractivity contribution in [2.75, 3.05) is 6.61 Å². The number of hydrogen-bond acceptors (Lipinski definition) is 2. The van der Waals surface area contributed by atoms with Crippen molar-refractivity contribution in [2.45, 2.75) is 19.0 Å². The number of halogens is 3. The monoisotopic (exact) mass is 229 g/mol. The number of benzene rings is 1. The molecule has 1 rings (SSSR count). The zero-order chi connectivity index (χ0) is 12.2. The first-order valence-electron chi connectivity index (χ1n) is 4.70. The van der Waals surface area contributed by atoms with Crippen LogP contribution in [-0.2, 0) is 12.6 Å². The Kier molecular flexibility index (Phi) is 3.91. The van der Waals surface area contributed by atoms with E-state index >= 15 is 0 Å². The Morgan fingerprint density at radius 2 is 2.00 bits per heavy atom. The van der Waals surface area contributed by atoms with Crippen molar-refractivity contribution >= 4 is 0 Å². The minimum absolute atomic E-state index is 0.0681. The average Bonchev–Trinajstić information content (AvgIpc) is 2.24. The molecule has 0 radical (unpaired) electrons. The first-order valence-corrected chi connectivity index (χ1v) is 4.70. The van der Waals surface area contributed by atoms with Crippen molar-refractivity contribution < 1.29 is 18.3 Å². The first kappa shape index (κ1) is 12.5. The molecule has 0 aliphatic rings. The smallest absolute Gasteiger partial charge is 0.396 e. The molecule has 5 heteroatoms. The minimum Gasteiger partial charge on any atom is -0.396 e. The van der Waals surface area contributed by atoms with Crippen molar-refractivity contribution in [3.63, 3.8) is 0 Å². The molecule has 0 amide bonds. The van der Waals surface area contributed by atoms with E-state index in [1.54, 1.807) is 0 Å². The molecule has 16 heavy (non-hydrogen) atoms. The fourth-order valence-electron chi connectivity index (χ4n) is 1.36. The number of rotatable bonds is 3. The molecular weight excluding hydrogens is 219 g/mol. The van der Waals surface area contributed by atoms with Gasteiger partial charge in [-0.25, -0.2) is 0 Å². The molecule has 1 aromatic carbocycles. The summed E-state index contributed by atoms with van der Waals surface area (Å²) in [4.78, 5) is 0. The molecule has 0 atom stereocenters. The maximum atomic E-state index is 12.5. The van der Waals surface area contributed by atoms with Gasteiger partial charge in [-0.05, 0) is 30.5 Å². The number of alkyl halides is 3. The summed E-state index contributed by atoms with van der Waals surface area (Å²) in [7, 11) is 0. The second-order valence-electron chi connectivity index (χ2n) is 3.32. The summed E-state index contributed by atoms with van der Waals surface area (Å²) in [5.41, 5.74) is -0.814. The van der Waals surface area contributed by atoms with E-state index in [1.165, 1.54) is 12.1 Å². The molecule has 0 bridgehead atoms. The van der Waals surface area contributed by atoms with Crippen molar-refractivity contribution in [2.24, 2.45) is 0 Å². The second kappa shape index (κ2) is 4.99. The Bertz CT molecular complexity index is 407. The van der Waals surface area contributed by atoms with Gasteiger partial charge >= 0.3 is 6.18 Å². The number of nitrogens with zero attached hydrogens (tertiary/aromatic N) is 1. The molecule has 1 aromatic rings. The lowest BCUT2D eigenvalue weighted by Crippen LogP contribution is -2.08. The lowest BCUT2D eigenvalue weighted by Gasteiger charge is -2.10. The Morgan fingerprint density at radius 3 is 2.50 bits per heavy atom. The summed E-state index contributed by atoms with van der Waals surface area (Å²) in [6.07, 6.45) is -3.74. The summed E-state index contributed by atoms with van der Waals surface area (Å²) in [6.45, 7) is -0.0681. The molecule has 0 aromatic heterocycles. The Hall–Kier alpha value is -1.54. The van der Waals surface area contributed by atoms with Crippen LogP contribution in [0.2, 0.25) is 0 Å². The SMILES string of the molecule is N#Cc1ccc(CCCO)cc1C(F)(F)F. The van der Waals surface area contributed by atoms with E-state index in [9.17, 15) is 13.2 Å². The third-order valence-electron chi connectivity index (χ3n) is 2.13. The van der Waals surface area contributed by atoms with Crippen LogP contribution >= 0.6 is 0 Å². The molecule has 86 valence electrons. The highest BCUT2D eigenvalue weighted by Gasteiger charge is 2.33. The quantitative estimate of drug-likeness (QED) is 0.865. The number of nitriles is 1. The van der Waals surface area contributed by atoms with Gasteiger partial charge in [-0.3, -0.25) is 0 Å². The van der Waals surface area contributed by atoms with Crippen LogP contribution in [0.4, 0.5) is 13.2 Å². The molecular formula is C11H10F3NO. The molecule has 0 saturated carbocycles. The van der Waals surface area contributed by atoms with E-state index in [0.717, 1.165) is 12.1 Å². The summed E-state index contributed by atoms with van der Waals surface area (Å²) in [6, 6.07) is 5.12. The van der Waals surface area contributed by atoms with Crippen molar-refractivity contribution in [1.82, 2.24) is 0 Å². The van der Waals surface area contributed by atoms with Gasteiger partial charge in [-0.2, -0.15) is 18.4 Å². The van der Waals surface area contributed by atoms with Gasteiger partial charge in [0.05, 0.1) is 17.2 Å². The zero-order valence-corrected chi connectivity index (χ0v) is 8.38. The lowest BCUT2D eigenvalue weighted by atomic mass is 10.0. The molecule has 1 N–H and O–H groups in total. The molecule has 0 aliphatic carbocycles. The van der Waals surface area contributed by atoms with Crippen molar-refractivity contribution in [3.8, 4) is 6.07 Å². The average molecular weight is 229 g/mol. The molecule has 0 heterocycles. The number of aliphatic hydroxyl groups is 1. The van der Waals surface area contributed by atoms with E-state index in [-0.39, 0.29) is 12.2 Å². The number of hydrogen-bond donors (Lipinski definition) is 1. The van der Waals surface area contributed by atoms with Crippen LogP contribution in [0.3, 0.4) is 0 Å². The predicted octanol–water partition coefficient (Wildman–Crippen LogP) is 2.50. The van der Waals surface area contributed by atoms with Crippen molar-refractivity contribution in [1.29, 1.82) is 5.26 Å². The number of aryl methyl sites for hydroxylation is 1. The predicted molar refractivity (Wildman–Crippen MR) is 51.6 cm³/mol. The maximum absolute atomic E-state index is 12.5. The summed E-state index contributed by atoms with van der Waals surface area (Å²) >= 11 is 0. The van der Waals surface area contributed by atoms with Crippen LogP contribution < -0.4 is 0 Å². The Morgan fingerprint density at radius 1 is 1.31 bits per heavy atom. The van der Waals surface area contributed by atoms with Crippen molar-refractivity contribution in [3.05, 3.63) is 34.9 Å². The minimum atomic E-state index is -4.51. The van der Waals surface area contributed by atoms with Gasteiger partial charge in [0, 0.05) is 6.61 Å². The van der Waals surface area contributed by atoms with Crippen LogP contribution in [0.5, 0.6) is 0 Å². The molecule has 0 fully saturated rings. The Balaban J connectivity index is 3.08. The molecule has 0 spiro atoms. The highest BCUT2D eigenvalue weighted by Crippen LogP contribution is 2.32. The molecule has 0 aliphatic heterocycles. The third-order valence-corrected chi connectivity index (χ3v) is 2.13. The van der Waals surface area contributed by atoms with E-state index in [0.29, 0.717) is 18.4 Å². The van der Waals surface area contributed by atoms with Gasteiger partial charge in [0.1, 0.15) is 0 Å². The van der Waals surface area contributed by atoms with E-state index < -0.39 is 11.7 Å². The van der Waals surface area contributed by atoms with Crippen LogP contribution in [0.1, 0.15) is 23.1 Å². The molecule has 2 nitrogen and oxygen atoms in total. The van der Waals surface area contributed by atoms with E-state index in [4.69, 9.17) is 10.4 Å². The van der Waals surface area contributed by atoms with Crippen LogP contribution in [0.15, 0.2) is 18.2 Å². The fourth-order valence-corrected chi connectivity index (χ4v) is 1.36. The topological polar surface area (TPSA) is 44.0 Å². The normalized spacial score (nSPS) is 11.2. The van der Waals surface area contributed by atoms with E-state index in [2.05, 4.69) is 0 Å². The standard InChI is InChI=1S/C11H10F3NO/c12-11(13,14)10-6-8(2-1-5-16)3-4-9(10)7-15/h3-4,6,16H,1-2,5H2. The maximum Gasteiger partial charge on any atom is 0.417 e. The van der Waals surface area contributed by atoms with Gasteiger partial charge in [-0.15, -0.1) is 0 Å². The highest BCUT2D eigenvalue weighted by atomic mass is 19.4. The Labute approximate surface area is 90.9 Å². The van der Waals surface area contributed by atoms with E-state index in [1.807, 2.05) is 0 Å². The molecule has 0 saturated heterocycles. The van der Waals surface area contributed by atoms with Crippen LogP contribution in [0.25, 0.3) is 0 Å². The van der Waals surface area contributed by atoms with Gasteiger partial charge in [0.2, 0.25) is 0 Å². The van der Waals surface area contributed by atoms with Crippen LogP contribution in [0, 0.1) is 11.3 Å². The summed E-state index contributed by atoms with van der Waals surface area (Å²) < 4.78 is 37.6. The van der Waals surface area contributed by atoms with Crippen LogP contribution in [-0.4, -0.2) is 11.7 Å².